The summed E-state index contributed by atoms with van der Waals surface area (Å²) in [6, 6.07) is -5.75. The Bertz CT molecular complexity index is 2430. The number of aromatic hydroxyl groups is 1. The number of phenols is 1. The van der Waals surface area contributed by atoms with Crippen molar-refractivity contribution in [3.8, 4) is 5.75 Å². The van der Waals surface area contributed by atoms with Crippen LogP contribution >= 0.6 is 0 Å². The van der Waals surface area contributed by atoms with Crippen LogP contribution in [-0.4, -0.2) is 151 Å². The molecule has 0 unspecified atom stereocenters. The number of amides is 8. The average molecular weight is 1140 g/mol. The van der Waals surface area contributed by atoms with Crippen LogP contribution < -0.4 is 59.7 Å². The number of carboxylic acids is 2. The molecule has 1 aromatic carbocycles. The van der Waals surface area contributed by atoms with Crippen LogP contribution in [0.2, 0.25) is 0 Å². The smallest absolute Gasteiger partial charge is 0.326 e. The molecule has 1 aromatic heterocycles. The molecule has 0 spiro atoms. The lowest BCUT2D eigenvalue weighted by Crippen LogP contribution is -2.62. The van der Waals surface area contributed by atoms with Gasteiger partial charge in [0.05, 0.1) is 12.4 Å². The summed E-state index contributed by atoms with van der Waals surface area (Å²) in [5.74, 6) is -11.0. The first-order chi connectivity index (χ1) is 37.9. The third kappa shape index (κ3) is 25.9. The number of aliphatic carboxylic acids is 2. The van der Waals surface area contributed by atoms with Gasteiger partial charge in [0.1, 0.15) is 54.1 Å². The predicted octanol–water partition coefficient (Wildman–Crippen LogP) is -0.441. The molecule has 2 aromatic rings. The van der Waals surface area contributed by atoms with Gasteiger partial charge in [0, 0.05) is 31.3 Å². The van der Waals surface area contributed by atoms with Gasteiger partial charge in [-0.1, -0.05) is 81.4 Å². The zero-order valence-corrected chi connectivity index (χ0v) is 48.2. The number of guanidine groups is 1. The fraction of sp³-hybridized carbons (Fsp3) is 0.630. The number of carbonyl (C=O) groups is 10. The second kappa shape index (κ2) is 34.3. The highest BCUT2D eigenvalue weighted by atomic mass is 16.4. The van der Waals surface area contributed by atoms with Crippen molar-refractivity contribution >= 4 is 65.2 Å². The number of nitrogens with one attached hydrogen (secondary N) is 9. The standard InChI is InChI=1S/C54H88N14O13/c1-27(2)20-38(63-45(72)35(55)23-32-13-15-34(69)16-14-32)49(76)64-39(21-28(3)4)48(75)61-37(17-18-42(70)71)47(74)65-40(24-33-25-58-26-60-33)50(77)67-44(31(9)10)52(79)68-43(30(7)8)51(78)62-36(12-11-19-59-54(56)57)46(73)66-41(53(80)81)22-29(5)6/h13-16,25-31,35-41,43-44,69H,11-12,17-24,55H2,1-10H3,(H,58,60)(H,61,75)(H,62,78)(H,63,72)(H,64,76)(H,65,74)(H,66,73)(H,67,77)(H,68,79)(H,70,71)(H,80,81)(H4,56,57,59)/t35-,36-,37-,38-,39-,40-,41-,43-,44-/m0/s1. The van der Waals surface area contributed by atoms with E-state index in [0.29, 0.717) is 11.3 Å². The largest absolute Gasteiger partial charge is 0.508 e. The average Bonchev–Trinajstić information content (AvgIpc) is 3.88. The Morgan fingerprint density at radius 1 is 0.543 bits per heavy atom. The van der Waals surface area contributed by atoms with Crippen LogP contribution in [0.15, 0.2) is 41.8 Å². The minimum Gasteiger partial charge on any atom is -0.508 e. The van der Waals surface area contributed by atoms with Gasteiger partial charge >= 0.3 is 11.9 Å². The van der Waals surface area contributed by atoms with Crippen molar-refractivity contribution in [1.82, 2.24) is 52.5 Å². The van der Waals surface area contributed by atoms with Crippen LogP contribution in [0.5, 0.6) is 5.75 Å². The molecule has 452 valence electrons. The zero-order chi connectivity index (χ0) is 61.3. The third-order valence-corrected chi connectivity index (χ3v) is 12.7. The third-order valence-electron chi connectivity index (χ3n) is 12.7. The van der Waals surface area contributed by atoms with E-state index >= 15 is 0 Å². The molecular formula is C54H88N14O13. The molecule has 27 nitrogen and oxygen atoms in total. The Morgan fingerprint density at radius 2 is 0.963 bits per heavy atom. The van der Waals surface area contributed by atoms with E-state index in [4.69, 9.17) is 17.2 Å². The van der Waals surface area contributed by atoms with Gasteiger partial charge in [-0.3, -0.25) is 48.1 Å². The number of hydrogen-bond acceptors (Lipinski definition) is 14. The molecule has 0 saturated carbocycles. The Labute approximate surface area is 473 Å². The highest BCUT2D eigenvalue weighted by Gasteiger charge is 2.37. The predicted molar refractivity (Wildman–Crippen MR) is 300 cm³/mol. The number of phenolic OH excluding ortho intramolecular Hbond substituents is 1. The number of nitrogens with zero attached hydrogens (tertiary/aromatic N) is 2. The van der Waals surface area contributed by atoms with Gasteiger partial charge in [-0.25, -0.2) is 9.78 Å². The second-order valence-corrected chi connectivity index (χ2v) is 22.2. The van der Waals surface area contributed by atoms with E-state index in [1.165, 1.54) is 24.7 Å². The number of aliphatic imine (C=N–C) groups is 1. The lowest BCUT2D eigenvalue weighted by molar-refractivity contribution is -0.143. The molecule has 18 N–H and O–H groups in total. The molecule has 27 heteroatoms. The van der Waals surface area contributed by atoms with Crippen molar-refractivity contribution < 1.29 is 63.3 Å². The van der Waals surface area contributed by atoms with E-state index in [1.807, 2.05) is 13.8 Å². The van der Waals surface area contributed by atoms with Gasteiger partial charge in [0.25, 0.3) is 0 Å². The highest BCUT2D eigenvalue weighted by molar-refractivity contribution is 5.98. The quantitative estimate of drug-likeness (QED) is 0.0234. The van der Waals surface area contributed by atoms with Crippen molar-refractivity contribution in [3.05, 3.63) is 48.0 Å². The van der Waals surface area contributed by atoms with E-state index in [0.717, 1.165) is 0 Å². The lowest BCUT2D eigenvalue weighted by Gasteiger charge is -2.30. The number of nitrogens with two attached hydrogens (primary N) is 3. The summed E-state index contributed by atoms with van der Waals surface area (Å²) in [6.45, 7) is 17.3. The molecule has 0 aliphatic heterocycles. The van der Waals surface area contributed by atoms with Crippen LogP contribution in [0.4, 0.5) is 0 Å². The summed E-state index contributed by atoms with van der Waals surface area (Å²) in [5.41, 5.74) is 18.1. The summed E-state index contributed by atoms with van der Waals surface area (Å²) < 4.78 is 0. The van der Waals surface area contributed by atoms with Crippen molar-refractivity contribution in [2.75, 3.05) is 6.54 Å². The van der Waals surface area contributed by atoms with Crippen molar-refractivity contribution in [3.63, 3.8) is 0 Å². The Balaban J connectivity index is 2.42. The number of aromatic nitrogens is 2. The maximum absolute atomic E-state index is 14.4. The van der Waals surface area contributed by atoms with E-state index < -0.39 is 138 Å². The molecule has 2 rings (SSSR count). The maximum Gasteiger partial charge on any atom is 0.326 e. The number of hydrogen-bond donors (Lipinski definition) is 15. The first-order valence-corrected chi connectivity index (χ1v) is 27.3. The number of rotatable bonds is 36. The van der Waals surface area contributed by atoms with Crippen molar-refractivity contribution in [1.29, 1.82) is 0 Å². The number of aromatic amines is 1. The minimum absolute atomic E-state index is 0.0217. The first-order valence-electron chi connectivity index (χ1n) is 27.3. The molecular weight excluding hydrogens is 1050 g/mol. The van der Waals surface area contributed by atoms with E-state index in [2.05, 4.69) is 57.5 Å². The van der Waals surface area contributed by atoms with Crippen LogP contribution in [0.25, 0.3) is 0 Å². The van der Waals surface area contributed by atoms with Gasteiger partial charge in [-0.15, -0.1) is 0 Å². The normalized spacial score (nSPS) is 14.7. The number of benzene rings is 1. The first kappa shape index (κ1) is 69.3. The summed E-state index contributed by atoms with van der Waals surface area (Å²) >= 11 is 0. The van der Waals surface area contributed by atoms with E-state index in [-0.39, 0.29) is 81.0 Å². The van der Waals surface area contributed by atoms with E-state index in [9.17, 15) is 63.3 Å². The molecule has 0 aliphatic rings. The SMILES string of the molecule is CC(C)C[C@H](NC(=O)[C@H](CCCN=C(N)N)NC(=O)[C@@H](NC(=O)[C@@H](NC(=O)[C@H](Cc1cnc[nH]1)NC(=O)[C@H](CCC(=O)O)NC(=O)[C@H](CC(C)C)NC(=O)[C@H](CC(C)C)NC(=O)[C@@H](N)Cc1ccc(O)cc1)C(C)C)C(C)C)C(=O)O. The summed E-state index contributed by atoms with van der Waals surface area (Å²) in [5, 5.41) is 50.1. The molecule has 8 amide bonds. The zero-order valence-electron chi connectivity index (χ0n) is 48.2. The van der Waals surface area contributed by atoms with Crippen LogP contribution in [-0.2, 0) is 60.8 Å². The van der Waals surface area contributed by atoms with Gasteiger partial charge in [0.15, 0.2) is 5.96 Å². The molecule has 0 bridgehead atoms. The Morgan fingerprint density at radius 3 is 1.43 bits per heavy atom. The molecule has 0 aliphatic carbocycles. The van der Waals surface area contributed by atoms with Gasteiger partial charge in [0.2, 0.25) is 47.3 Å². The second-order valence-electron chi connectivity index (χ2n) is 22.2. The molecule has 81 heavy (non-hydrogen) atoms. The van der Waals surface area contributed by atoms with E-state index in [1.54, 1.807) is 67.5 Å². The number of H-pyrrole nitrogens is 1. The lowest BCUT2D eigenvalue weighted by atomic mass is 9.98. The Hall–Kier alpha value is -7.84. The number of carboxylic acid groups (broad SMARTS) is 2. The molecule has 0 saturated heterocycles. The topological polar surface area (TPSA) is 447 Å². The fourth-order valence-electron chi connectivity index (χ4n) is 8.41. The molecule has 0 radical (unpaired) electrons. The molecule has 0 fully saturated rings. The monoisotopic (exact) mass is 1140 g/mol. The Kier molecular flexibility index (Phi) is 29.4. The number of imidazole rings is 1. The van der Waals surface area contributed by atoms with Crippen LogP contribution in [0, 0.1) is 29.6 Å². The van der Waals surface area contributed by atoms with Crippen molar-refractivity contribution in [2.24, 2.45) is 51.8 Å². The van der Waals surface area contributed by atoms with Crippen LogP contribution in [0.3, 0.4) is 0 Å². The summed E-state index contributed by atoms with van der Waals surface area (Å²) in [6.07, 6.45) is 1.93. The summed E-state index contributed by atoms with van der Waals surface area (Å²) in [7, 11) is 0. The highest BCUT2D eigenvalue weighted by Crippen LogP contribution is 2.15. The summed E-state index contributed by atoms with van der Waals surface area (Å²) in [4.78, 5) is 147. The van der Waals surface area contributed by atoms with Crippen molar-refractivity contribution in [2.45, 2.75) is 181 Å². The number of carbonyl (C=O) groups excluding carboxylic acids is 8. The van der Waals surface area contributed by atoms with Crippen LogP contribution in [0.1, 0.15) is 125 Å². The maximum atomic E-state index is 14.4. The van der Waals surface area contributed by atoms with Gasteiger partial charge in [-0.2, -0.15) is 0 Å². The molecule has 1 heterocycles. The minimum atomic E-state index is -1.60. The fourth-order valence-corrected chi connectivity index (χ4v) is 8.41. The van der Waals surface area contributed by atoms with Gasteiger partial charge in [-0.05, 0) is 92.2 Å². The molecule has 9 atom stereocenters. The van der Waals surface area contributed by atoms with Gasteiger partial charge < -0.3 is 80.0 Å².